The first-order chi connectivity index (χ1) is 18.7. The summed E-state index contributed by atoms with van der Waals surface area (Å²) < 4.78 is 57.0. The molecule has 0 bridgehead atoms. The van der Waals surface area contributed by atoms with Gasteiger partial charge in [0, 0.05) is 5.56 Å². The first kappa shape index (κ1) is 26.4. The van der Waals surface area contributed by atoms with Gasteiger partial charge in [-0.1, -0.05) is 62.0 Å². The van der Waals surface area contributed by atoms with Gasteiger partial charge in [-0.2, -0.15) is 5.10 Å². The average molecular weight is 555 g/mol. The van der Waals surface area contributed by atoms with Crippen molar-refractivity contribution >= 4 is 28.8 Å². The summed E-state index contributed by atoms with van der Waals surface area (Å²) in [5.41, 5.74) is 3.54. The zero-order valence-corrected chi connectivity index (χ0v) is 21.6. The van der Waals surface area contributed by atoms with Gasteiger partial charge in [0.1, 0.15) is 17.9 Å². The molecule has 0 unspecified atom stereocenters. The van der Waals surface area contributed by atoms with Crippen molar-refractivity contribution in [1.29, 1.82) is 0 Å². The van der Waals surface area contributed by atoms with Crippen molar-refractivity contribution in [3.05, 3.63) is 90.0 Å². The van der Waals surface area contributed by atoms with Crippen molar-refractivity contribution in [2.45, 2.75) is 26.1 Å². The molecule has 5 rings (SSSR count). The van der Waals surface area contributed by atoms with E-state index < -0.39 is 6.36 Å². The van der Waals surface area contributed by atoms with Crippen LogP contribution in [0.2, 0.25) is 0 Å². The Morgan fingerprint density at radius 1 is 1.03 bits per heavy atom. The third-order valence-electron chi connectivity index (χ3n) is 5.81. The van der Waals surface area contributed by atoms with Crippen LogP contribution in [0, 0.1) is 5.82 Å². The maximum Gasteiger partial charge on any atom is 0.573 e. The molecule has 1 saturated heterocycles. The van der Waals surface area contributed by atoms with Crippen molar-refractivity contribution in [2.75, 3.05) is 10.8 Å². The van der Waals surface area contributed by atoms with E-state index in [1.165, 1.54) is 53.1 Å². The van der Waals surface area contributed by atoms with Gasteiger partial charge < -0.3 is 9.64 Å². The van der Waals surface area contributed by atoms with Crippen molar-refractivity contribution in [2.24, 2.45) is 10.2 Å². The van der Waals surface area contributed by atoms with Crippen molar-refractivity contribution in [3.63, 3.8) is 0 Å². The number of para-hydroxylation sites is 1. The maximum absolute atomic E-state index is 14.6. The molecule has 0 radical (unpaired) electrons. The second kappa shape index (κ2) is 10.9. The van der Waals surface area contributed by atoms with E-state index in [0.717, 1.165) is 16.7 Å². The maximum atomic E-state index is 14.6. The van der Waals surface area contributed by atoms with Gasteiger partial charge in [0.2, 0.25) is 0 Å². The molecule has 12 heteroatoms. The Labute approximate surface area is 225 Å². The lowest BCUT2D eigenvalue weighted by atomic mass is 10.0. The lowest BCUT2D eigenvalue weighted by molar-refractivity contribution is -0.274. The highest BCUT2D eigenvalue weighted by Crippen LogP contribution is 2.37. The number of aromatic nitrogens is 3. The molecule has 1 aliphatic heterocycles. The second-order valence-corrected chi connectivity index (χ2v) is 9.75. The van der Waals surface area contributed by atoms with Gasteiger partial charge in [-0.15, -0.1) is 23.4 Å². The molecule has 1 aromatic heterocycles. The van der Waals surface area contributed by atoms with Crippen LogP contribution in [0.3, 0.4) is 0 Å². The Morgan fingerprint density at radius 3 is 2.41 bits per heavy atom. The fourth-order valence-electron chi connectivity index (χ4n) is 3.90. The topological polar surface area (TPSA) is 67.9 Å². The number of amidine groups is 1. The number of benzene rings is 3. The first-order valence-corrected chi connectivity index (χ1v) is 12.8. The third-order valence-corrected chi connectivity index (χ3v) is 6.76. The normalized spacial score (nSPS) is 14.8. The lowest BCUT2D eigenvalue weighted by Gasteiger charge is -2.35. The Morgan fingerprint density at radius 2 is 1.77 bits per heavy atom. The van der Waals surface area contributed by atoms with Gasteiger partial charge >= 0.3 is 6.36 Å². The number of rotatable bonds is 7. The van der Waals surface area contributed by atoms with Crippen LogP contribution in [0.25, 0.3) is 17.1 Å². The molecule has 39 heavy (non-hydrogen) atoms. The van der Waals surface area contributed by atoms with E-state index in [0.29, 0.717) is 28.2 Å². The quantitative estimate of drug-likeness (QED) is 0.140. The molecular weight excluding hydrogens is 532 g/mol. The molecule has 2 heterocycles. The fourth-order valence-corrected chi connectivity index (χ4v) is 4.59. The summed E-state index contributed by atoms with van der Waals surface area (Å²) in [5, 5.41) is 13.5. The highest BCUT2D eigenvalue weighted by molar-refractivity contribution is 8.16. The molecule has 0 N–H and O–H groups in total. The Kier molecular flexibility index (Phi) is 7.38. The number of thioether (sulfide) groups is 1. The van der Waals surface area contributed by atoms with E-state index in [1.807, 2.05) is 49.1 Å². The Balaban J connectivity index is 1.25. The molecule has 4 aromatic rings. The van der Waals surface area contributed by atoms with E-state index in [4.69, 9.17) is 0 Å². The SMILES string of the molecule is CC(C)c1cccc(F)c1N1CS/C1=N\N=C\c1ccc(-c2ncn(-c3ccc(OC(F)(F)F)cc3)n2)cc1. The minimum Gasteiger partial charge on any atom is -0.406 e. The number of ether oxygens (including phenoxy) is 1. The standard InChI is InChI=1S/C27H22F4N6OS/c1-17(2)22-4-3-5-23(28)24(22)36-16-39-26(36)34-33-14-18-6-8-19(9-7-18)25-32-15-37(35-25)20-10-12-21(13-11-20)38-27(29,30)31/h3-15,17H,16H2,1-2H3/b33-14+,34-26-. The molecule has 200 valence electrons. The number of halogens is 4. The fraction of sp³-hybridized carbons (Fsp3) is 0.185. The average Bonchev–Trinajstić information content (AvgIpc) is 3.37. The molecule has 1 aliphatic rings. The van der Waals surface area contributed by atoms with Gasteiger partial charge in [-0.25, -0.2) is 14.1 Å². The summed E-state index contributed by atoms with van der Waals surface area (Å²) in [6, 6.07) is 17.8. The molecular formula is C27H22F4N6OS. The number of anilines is 1. The summed E-state index contributed by atoms with van der Waals surface area (Å²) in [7, 11) is 0. The Bertz CT molecular complexity index is 1510. The third kappa shape index (κ3) is 6.11. The van der Waals surface area contributed by atoms with Gasteiger partial charge in [0.05, 0.1) is 23.5 Å². The molecule has 0 spiro atoms. The summed E-state index contributed by atoms with van der Waals surface area (Å²) in [4.78, 5) is 6.12. The first-order valence-electron chi connectivity index (χ1n) is 11.9. The van der Waals surface area contributed by atoms with Gasteiger partial charge in [-0.05, 0) is 47.4 Å². The largest absolute Gasteiger partial charge is 0.573 e. The minimum absolute atomic E-state index is 0.170. The van der Waals surface area contributed by atoms with Crippen LogP contribution >= 0.6 is 11.8 Å². The highest BCUT2D eigenvalue weighted by atomic mass is 32.2. The Hall–Kier alpha value is -4.19. The minimum atomic E-state index is -4.75. The second-order valence-electron chi connectivity index (χ2n) is 8.84. The van der Waals surface area contributed by atoms with Crippen molar-refractivity contribution in [1.82, 2.24) is 14.8 Å². The van der Waals surface area contributed by atoms with E-state index in [-0.39, 0.29) is 17.5 Å². The molecule has 0 saturated carbocycles. The van der Waals surface area contributed by atoms with E-state index in [9.17, 15) is 17.6 Å². The highest BCUT2D eigenvalue weighted by Gasteiger charge is 2.31. The molecule has 3 aromatic carbocycles. The predicted molar refractivity (Wildman–Crippen MR) is 144 cm³/mol. The van der Waals surface area contributed by atoms with E-state index >= 15 is 0 Å². The number of nitrogens with zero attached hydrogens (tertiary/aromatic N) is 6. The molecule has 1 fully saturated rings. The monoisotopic (exact) mass is 554 g/mol. The van der Waals surface area contributed by atoms with E-state index in [1.54, 1.807) is 12.3 Å². The molecule has 0 amide bonds. The summed E-state index contributed by atoms with van der Waals surface area (Å²) >= 11 is 1.50. The predicted octanol–water partition coefficient (Wildman–Crippen LogP) is 7.00. The van der Waals surface area contributed by atoms with Gasteiger partial charge in [0.25, 0.3) is 0 Å². The zero-order valence-electron chi connectivity index (χ0n) is 20.8. The van der Waals surface area contributed by atoms with Crippen molar-refractivity contribution < 1.29 is 22.3 Å². The molecule has 7 nitrogen and oxygen atoms in total. The number of hydrogen-bond donors (Lipinski definition) is 0. The number of hydrogen-bond acceptors (Lipinski definition) is 6. The molecule has 0 aliphatic carbocycles. The zero-order chi connectivity index (χ0) is 27.6. The summed E-state index contributed by atoms with van der Waals surface area (Å²) in [6.45, 7) is 4.05. The van der Waals surface area contributed by atoms with Crippen LogP contribution in [-0.4, -0.2) is 38.4 Å². The number of alkyl halides is 3. The van der Waals surface area contributed by atoms with Crippen LogP contribution in [0.5, 0.6) is 5.75 Å². The van der Waals surface area contributed by atoms with Crippen LogP contribution in [0.15, 0.2) is 83.3 Å². The van der Waals surface area contributed by atoms with Crippen molar-refractivity contribution in [3.8, 4) is 22.8 Å². The van der Waals surface area contributed by atoms with Gasteiger partial charge in [-0.3, -0.25) is 0 Å². The van der Waals surface area contributed by atoms with Crippen LogP contribution in [0.4, 0.5) is 23.2 Å². The van der Waals surface area contributed by atoms with E-state index in [2.05, 4.69) is 25.0 Å². The van der Waals surface area contributed by atoms with Crippen LogP contribution in [0.1, 0.15) is 30.9 Å². The summed E-state index contributed by atoms with van der Waals surface area (Å²) in [5.74, 6) is 0.627. The van der Waals surface area contributed by atoms with Crippen LogP contribution in [-0.2, 0) is 0 Å². The summed E-state index contributed by atoms with van der Waals surface area (Å²) in [6.07, 6.45) is -1.67. The molecule has 0 atom stereocenters. The van der Waals surface area contributed by atoms with Crippen LogP contribution < -0.4 is 9.64 Å². The lowest BCUT2D eigenvalue weighted by Crippen LogP contribution is -2.39. The smallest absolute Gasteiger partial charge is 0.406 e. The van der Waals surface area contributed by atoms with Gasteiger partial charge in [0.15, 0.2) is 11.0 Å².